The SMILES string of the molecule is CN(C)C1CCCN(C(=O)c2sc3ccccc3c2N)C1. The number of carbonyl (C=O) groups excluding carboxylic acids is 1. The molecule has 1 aromatic heterocycles. The maximum absolute atomic E-state index is 12.8. The molecule has 1 aliphatic heterocycles. The molecule has 2 N–H and O–H groups in total. The van der Waals surface area contributed by atoms with E-state index in [0.29, 0.717) is 16.6 Å². The van der Waals surface area contributed by atoms with Gasteiger partial charge in [0.1, 0.15) is 4.88 Å². The Morgan fingerprint density at radius 2 is 2.14 bits per heavy atom. The summed E-state index contributed by atoms with van der Waals surface area (Å²) in [5.41, 5.74) is 6.83. The topological polar surface area (TPSA) is 49.6 Å². The van der Waals surface area contributed by atoms with E-state index < -0.39 is 0 Å². The number of nitrogen functional groups attached to an aromatic ring is 1. The van der Waals surface area contributed by atoms with E-state index in [1.807, 2.05) is 29.2 Å². The number of hydrogen-bond acceptors (Lipinski definition) is 4. The van der Waals surface area contributed by atoms with Crippen molar-refractivity contribution in [2.24, 2.45) is 0 Å². The Bertz CT molecular complexity index is 665. The summed E-state index contributed by atoms with van der Waals surface area (Å²) in [5.74, 6) is 0.0836. The Hall–Kier alpha value is -1.59. The van der Waals surface area contributed by atoms with Gasteiger partial charge in [-0.05, 0) is 33.0 Å². The highest BCUT2D eigenvalue weighted by atomic mass is 32.1. The molecular weight excluding hydrogens is 282 g/mol. The first-order valence-electron chi connectivity index (χ1n) is 7.30. The van der Waals surface area contributed by atoms with Crippen molar-refractivity contribution >= 4 is 33.0 Å². The molecule has 1 saturated heterocycles. The molecule has 0 spiro atoms. The van der Waals surface area contributed by atoms with Gasteiger partial charge in [-0.15, -0.1) is 11.3 Å². The van der Waals surface area contributed by atoms with Gasteiger partial charge in [-0.2, -0.15) is 0 Å². The van der Waals surface area contributed by atoms with Crippen molar-refractivity contribution in [3.63, 3.8) is 0 Å². The van der Waals surface area contributed by atoms with Gasteiger partial charge in [0, 0.05) is 29.2 Å². The smallest absolute Gasteiger partial charge is 0.266 e. The molecule has 1 atom stereocenters. The first kappa shape index (κ1) is 14.4. The zero-order valence-electron chi connectivity index (χ0n) is 12.5. The van der Waals surface area contributed by atoms with Gasteiger partial charge < -0.3 is 15.5 Å². The third-order valence-corrected chi connectivity index (χ3v) is 5.42. The zero-order valence-corrected chi connectivity index (χ0v) is 13.3. The summed E-state index contributed by atoms with van der Waals surface area (Å²) in [6.07, 6.45) is 2.21. The Labute approximate surface area is 129 Å². The van der Waals surface area contributed by atoms with Crippen LogP contribution in [0.3, 0.4) is 0 Å². The fourth-order valence-electron chi connectivity index (χ4n) is 2.93. The number of likely N-dealkylation sites (tertiary alicyclic amines) is 1. The van der Waals surface area contributed by atoms with Crippen LogP contribution in [0.2, 0.25) is 0 Å². The number of likely N-dealkylation sites (N-methyl/N-ethyl adjacent to an activating group) is 1. The van der Waals surface area contributed by atoms with E-state index in [2.05, 4.69) is 19.0 Å². The van der Waals surface area contributed by atoms with Crippen LogP contribution in [-0.4, -0.2) is 48.9 Å². The number of fused-ring (bicyclic) bond motifs is 1. The molecule has 2 heterocycles. The lowest BCUT2D eigenvalue weighted by Gasteiger charge is -2.36. The number of nitrogens with zero attached hydrogens (tertiary/aromatic N) is 2. The summed E-state index contributed by atoms with van der Waals surface area (Å²) in [6.45, 7) is 1.62. The third-order valence-electron chi connectivity index (χ3n) is 4.24. The molecule has 3 rings (SSSR count). The molecule has 0 radical (unpaired) electrons. The van der Waals surface area contributed by atoms with Gasteiger partial charge in [-0.1, -0.05) is 18.2 Å². The Balaban J connectivity index is 1.88. The van der Waals surface area contributed by atoms with E-state index in [1.165, 1.54) is 11.3 Å². The molecule has 5 heteroatoms. The van der Waals surface area contributed by atoms with Gasteiger partial charge in [0.25, 0.3) is 5.91 Å². The Morgan fingerprint density at radius 1 is 1.38 bits per heavy atom. The highest BCUT2D eigenvalue weighted by molar-refractivity contribution is 7.21. The van der Waals surface area contributed by atoms with Crippen LogP contribution in [0.1, 0.15) is 22.5 Å². The van der Waals surface area contributed by atoms with Crippen molar-refractivity contribution in [1.82, 2.24) is 9.80 Å². The second-order valence-corrected chi connectivity index (χ2v) is 6.90. The number of thiophene rings is 1. The number of anilines is 1. The maximum Gasteiger partial charge on any atom is 0.266 e. The number of carbonyl (C=O) groups is 1. The van der Waals surface area contributed by atoms with Crippen LogP contribution in [0, 0.1) is 0 Å². The van der Waals surface area contributed by atoms with Crippen molar-refractivity contribution in [3.8, 4) is 0 Å². The Morgan fingerprint density at radius 3 is 2.86 bits per heavy atom. The third kappa shape index (κ3) is 2.63. The molecule has 1 amide bonds. The predicted octanol–water partition coefficient (Wildman–Crippen LogP) is 2.65. The molecule has 0 aliphatic carbocycles. The van der Waals surface area contributed by atoms with Gasteiger partial charge in [-0.25, -0.2) is 0 Å². The highest BCUT2D eigenvalue weighted by Gasteiger charge is 2.28. The minimum atomic E-state index is 0.0836. The minimum absolute atomic E-state index is 0.0836. The van der Waals surface area contributed by atoms with Crippen LogP contribution in [0.15, 0.2) is 24.3 Å². The summed E-state index contributed by atoms with van der Waals surface area (Å²) < 4.78 is 1.08. The molecule has 0 saturated carbocycles. The monoisotopic (exact) mass is 303 g/mol. The second-order valence-electron chi connectivity index (χ2n) is 5.85. The lowest BCUT2D eigenvalue weighted by atomic mass is 10.0. The average Bonchev–Trinajstić information content (AvgIpc) is 2.84. The van der Waals surface area contributed by atoms with Crippen LogP contribution >= 0.6 is 11.3 Å². The fraction of sp³-hybridized carbons (Fsp3) is 0.438. The minimum Gasteiger partial charge on any atom is -0.397 e. The lowest BCUT2D eigenvalue weighted by Crippen LogP contribution is -2.47. The van der Waals surface area contributed by atoms with Crippen molar-refractivity contribution in [2.75, 3.05) is 32.9 Å². The van der Waals surface area contributed by atoms with Crippen molar-refractivity contribution in [2.45, 2.75) is 18.9 Å². The van der Waals surface area contributed by atoms with E-state index in [1.54, 1.807) is 0 Å². The van der Waals surface area contributed by atoms with Crippen molar-refractivity contribution in [3.05, 3.63) is 29.1 Å². The maximum atomic E-state index is 12.8. The van der Waals surface area contributed by atoms with Crippen LogP contribution < -0.4 is 5.73 Å². The standard InChI is InChI=1S/C16H21N3OS/c1-18(2)11-6-5-9-19(10-11)16(20)15-14(17)12-7-3-4-8-13(12)21-15/h3-4,7-8,11H,5-6,9-10,17H2,1-2H3. The average molecular weight is 303 g/mol. The van der Waals surface area contributed by atoms with Crippen molar-refractivity contribution in [1.29, 1.82) is 0 Å². The number of nitrogens with two attached hydrogens (primary N) is 1. The van der Waals surface area contributed by atoms with Gasteiger partial charge in [0.2, 0.25) is 0 Å². The number of hydrogen-bond donors (Lipinski definition) is 1. The molecule has 1 aromatic carbocycles. The summed E-state index contributed by atoms with van der Waals surface area (Å²) in [7, 11) is 4.15. The molecule has 1 aliphatic rings. The molecule has 1 unspecified atom stereocenters. The van der Waals surface area contributed by atoms with E-state index in [0.717, 1.165) is 36.0 Å². The molecule has 112 valence electrons. The second kappa shape index (κ2) is 5.66. The predicted molar refractivity (Wildman–Crippen MR) is 88.8 cm³/mol. The zero-order chi connectivity index (χ0) is 15.0. The fourth-order valence-corrected chi connectivity index (χ4v) is 4.02. The van der Waals surface area contributed by atoms with E-state index >= 15 is 0 Å². The number of piperidine rings is 1. The van der Waals surface area contributed by atoms with Crippen LogP contribution in [0.5, 0.6) is 0 Å². The summed E-state index contributed by atoms with van der Waals surface area (Å²) in [6, 6.07) is 8.39. The van der Waals surface area contributed by atoms with Crippen LogP contribution in [0.4, 0.5) is 5.69 Å². The first-order chi connectivity index (χ1) is 10.1. The van der Waals surface area contributed by atoms with Gasteiger partial charge >= 0.3 is 0 Å². The molecule has 2 aromatic rings. The summed E-state index contributed by atoms with van der Waals surface area (Å²) >= 11 is 1.51. The highest BCUT2D eigenvalue weighted by Crippen LogP contribution is 2.34. The number of amides is 1. The van der Waals surface area contributed by atoms with Crippen molar-refractivity contribution < 1.29 is 4.79 Å². The van der Waals surface area contributed by atoms with E-state index in [4.69, 9.17) is 5.73 Å². The number of rotatable bonds is 2. The lowest BCUT2D eigenvalue weighted by molar-refractivity contribution is 0.0641. The largest absolute Gasteiger partial charge is 0.397 e. The quantitative estimate of drug-likeness (QED) is 0.928. The van der Waals surface area contributed by atoms with Crippen LogP contribution in [0.25, 0.3) is 10.1 Å². The molecule has 4 nitrogen and oxygen atoms in total. The van der Waals surface area contributed by atoms with Gasteiger partial charge in [0.15, 0.2) is 0 Å². The number of benzene rings is 1. The molecule has 0 bridgehead atoms. The normalized spacial score (nSPS) is 19.4. The molecule has 1 fully saturated rings. The van der Waals surface area contributed by atoms with E-state index in [9.17, 15) is 4.79 Å². The molecular formula is C16H21N3OS. The summed E-state index contributed by atoms with van der Waals surface area (Å²) in [5, 5.41) is 0.993. The summed E-state index contributed by atoms with van der Waals surface area (Å²) in [4.78, 5) is 17.6. The van der Waals surface area contributed by atoms with Gasteiger partial charge in [-0.3, -0.25) is 4.79 Å². The molecule has 21 heavy (non-hydrogen) atoms. The Kier molecular flexibility index (Phi) is 3.87. The van der Waals surface area contributed by atoms with Gasteiger partial charge in [0.05, 0.1) is 5.69 Å². The van der Waals surface area contributed by atoms with E-state index in [-0.39, 0.29) is 5.91 Å². The first-order valence-corrected chi connectivity index (χ1v) is 8.12. The van der Waals surface area contributed by atoms with Crippen LogP contribution in [-0.2, 0) is 0 Å².